The third-order valence-corrected chi connectivity index (χ3v) is 7.94. The van der Waals surface area contributed by atoms with Gasteiger partial charge in [0.25, 0.3) is 5.91 Å². The maximum Gasteiger partial charge on any atom is 0.407 e. The Kier molecular flexibility index (Phi) is 9.33. The van der Waals surface area contributed by atoms with E-state index in [1.165, 1.54) is 23.6 Å². The Morgan fingerprint density at radius 2 is 1.81 bits per heavy atom. The Morgan fingerprint density at radius 1 is 1.10 bits per heavy atom. The third kappa shape index (κ3) is 7.33. The number of nitrogens with two attached hydrogens (primary N) is 1. The monoisotopic (exact) mass is 681 g/mol. The Bertz CT molecular complexity index is 1810. The number of nitrogens with one attached hydrogen (secondary N) is 2. The molecule has 2 aromatic carbocycles. The zero-order valence-corrected chi connectivity index (χ0v) is 28.2. The molecule has 5 rings (SSSR count). The molecule has 48 heavy (non-hydrogen) atoms. The van der Waals surface area contributed by atoms with Crippen LogP contribution in [0.2, 0.25) is 5.02 Å². The molecule has 3 heterocycles. The van der Waals surface area contributed by atoms with Gasteiger partial charge < -0.3 is 15.8 Å². The number of guanidine groups is 1. The number of alkyl halides is 2. The summed E-state index contributed by atoms with van der Waals surface area (Å²) in [5.74, 6) is -0.0793. The first-order valence-electron chi connectivity index (χ1n) is 15.2. The normalized spacial score (nSPS) is 17.5. The number of aromatic nitrogens is 5. The fourth-order valence-electron chi connectivity index (χ4n) is 5.69. The van der Waals surface area contributed by atoms with Gasteiger partial charge in [-0.3, -0.25) is 14.8 Å². The van der Waals surface area contributed by atoms with E-state index in [0.29, 0.717) is 43.3 Å². The Balaban J connectivity index is 1.56. The largest absolute Gasteiger partial charge is 0.447 e. The van der Waals surface area contributed by atoms with E-state index in [9.17, 15) is 18.4 Å². The summed E-state index contributed by atoms with van der Waals surface area (Å²) in [5, 5.41) is 13.6. The minimum atomic E-state index is -2.77. The van der Waals surface area contributed by atoms with Crippen LogP contribution in [0.25, 0.3) is 22.5 Å². The van der Waals surface area contributed by atoms with Crippen molar-refractivity contribution in [1.82, 2.24) is 35.2 Å². The first-order chi connectivity index (χ1) is 22.5. The van der Waals surface area contributed by atoms with Crippen LogP contribution < -0.4 is 11.1 Å². The molecule has 4 N–H and O–H groups in total. The first-order valence-corrected chi connectivity index (χ1v) is 15.6. The topological polar surface area (TPSA) is 156 Å². The van der Waals surface area contributed by atoms with Gasteiger partial charge in [-0.15, -0.1) is 0 Å². The van der Waals surface area contributed by atoms with Crippen LogP contribution in [0, 0.1) is 5.41 Å². The number of alkyl carbamates (subject to hydrolysis) is 1. The zero-order chi connectivity index (χ0) is 35.0. The van der Waals surface area contributed by atoms with Gasteiger partial charge in [0.05, 0.1) is 17.3 Å². The summed E-state index contributed by atoms with van der Waals surface area (Å²) in [6.45, 7) is 8.40. The van der Waals surface area contributed by atoms with Gasteiger partial charge in [0, 0.05) is 22.9 Å². The highest BCUT2D eigenvalue weighted by Crippen LogP contribution is 2.45. The molecule has 0 saturated carbocycles. The van der Waals surface area contributed by atoms with Gasteiger partial charge in [-0.1, -0.05) is 62.7 Å². The number of ether oxygens (including phenoxy) is 1. The van der Waals surface area contributed by atoms with E-state index in [2.05, 4.69) is 25.6 Å². The maximum absolute atomic E-state index is 14.8. The van der Waals surface area contributed by atoms with Crippen molar-refractivity contribution in [2.75, 3.05) is 6.61 Å². The van der Waals surface area contributed by atoms with Crippen molar-refractivity contribution in [2.45, 2.75) is 71.6 Å². The molecule has 1 aliphatic rings. The number of rotatable bonds is 9. The molecular weight excluding hydrogens is 644 g/mol. The second-order valence-corrected chi connectivity index (χ2v) is 14.3. The molecular formula is C33H38ClF2N9O3. The van der Waals surface area contributed by atoms with Crippen molar-refractivity contribution in [3.8, 4) is 22.5 Å². The van der Waals surface area contributed by atoms with E-state index in [1.54, 1.807) is 42.5 Å². The first kappa shape index (κ1) is 34.5. The summed E-state index contributed by atoms with van der Waals surface area (Å²) < 4.78 is 32.5. The predicted octanol–water partition coefficient (Wildman–Crippen LogP) is 6.44. The van der Waals surface area contributed by atoms with Gasteiger partial charge in [-0.2, -0.15) is 19.0 Å². The van der Waals surface area contributed by atoms with Crippen LogP contribution in [-0.2, 0) is 15.1 Å². The summed E-state index contributed by atoms with van der Waals surface area (Å²) in [7, 11) is 0. The third-order valence-electron chi connectivity index (χ3n) is 7.61. The number of carbonyl (C=O) groups is 2. The van der Waals surface area contributed by atoms with Crippen LogP contribution in [0.5, 0.6) is 0 Å². The van der Waals surface area contributed by atoms with Gasteiger partial charge in [0.15, 0.2) is 17.3 Å². The van der Waals surface area contributed by atoms with Gasteiger partial charge in [0.2, 0.25) is 0 Å². The van der Waals surface area contributed by atoms with E-state index in [0.717, 1.165) is 0 Å². The molecule has 12 nitrogen and oxygen atoms in total. The summed E-state index contributed by atoms with van der Waals surface area (Å²) in [4.78, 5) is 38.1. The molecule has 0 radical (unpaired) electrons. The maximum atomic E-state index is 14.8. The minimum absolute atomic E-state index is 0.0625. The summed E-state index contributed by atoms with van der Waals surface area (Å²) in [6.07, 6.45) is 3.56. The quantitative estimate of drug-likeness (QED) is 0.184. The minimum Gasteiger partial charge on any atom is -0.447 e. The number of carbonyl (C=O) groups excluding carboxylic acids is 2. The number of aliphatic imine (C=N–C) groups is 1. The Hall–Kier alpha value is -4.85. The van der Waals surface area contributed by atoms with Crippen molar-refractivity contribution in [3.05, 3.63) is 77.3 Å². The lowest BCUT2D eigenvalue weighted by Crippen LogP contribution is -2.48. The SMILES string of the molecule is CC(C)(C)C[C@]1(c2ccc(-c3cnn(C(F)F)c3)cc2)N=C(N)N([C@H](COC(=O)NC(C)(C)C)c2ccc(Cl)c(-c3ncn[nH]3)c2)C1=O. The summed E-state index contributed by atoms with van der Waals surface area (Å²) in [6, 6.07) is 11.1. The molecule has 2 atom stereocenters. The van der Waals surface area contributed by atoms with Gasteiger partial charge in [-0.05, 0) is 61.4 Å². The van der Waals surface area contributed by atoms with Crippen LogP contribution in [0.15, 0.2) is 66.2 Å². The number of nitrogens with zero attached hydrogens (tertiary/aromatic N) is 6. The average molecular weight is 682 g/mol. The van der Waals surface area contributed by atoms with Crippen molar-refractivity contribution in [2.24, 2.45) is 16.1 Å². The lowest BCUT2D eigenvalue weighted by Gasteiger charge is -2.35. The molecule has 2 aromatic heterocycles. The van der Waals surface area contributed by atoms with Gasteiger partial charge in [-0.25, -0.2) is 19.5 Å². The van der Waals surface area contributed by atoms with Crippen molar-refractivity contribution in [3.63, 3.8) is 0 Å². The number of hydrogen-bond donors (Lipinski definition) is 3. The van der Waals surface area contributed by atoms with Crippen LogP contribution in [0.4, 0.5) is 13.6 Å². The van der Waals surface area contributed by atoms with Crippen LogP contribution >= 0.6 is 11.6 Å². The number of hydrogen-bond acceptors (Lipinski definition) is 8. The lowest BCUT2D eigenvalue weighted by molar-refractivity contribution is -0.135. The molecule has 0 aliphatic carbocycles. The van der Waals surface area contributed by atoms with Crippen molar-refractivity contribution in [1.29, 1.82) is 0 Å². The highest BCUT2D eigenvalue weighted by atomic mass is 35.5. The summed E-state index contributed by atoms with van der Waals surface area (Å²) >= 11 is 6.53. The fraction of sp³-hybridized carbons (Fsp3) is 0.394. The van der Waals surface area contributed by atoms with E-state index in [1.807, 2.05) is 41.5 Å². The molecule has 4 aromatic rings. The highest BCUT2D eigenvalue weighted by molar-refractivity contribution is 6.33. The lowest BCUT2D eigenvalue weighted by atomic mass is 9.75. The van der Waals surface area contributed by atoms with Crippen LogP contribution in [-0.4, -0.2) is 60.0 Å². The van der Waals surface area contributed by atoms with Crippen LogP contribution in [0.3, 0.4) is 0 Å². The van der Waals surface area contributed by atoms with Crippen molar-refractivity contribution < 1.29 is 23.1 Å². The predicted molar refractivity (Wildman–Crippen MR) is 177 cm³/mol. The molecule has 0 saturated heterocycles. The van der Waals surface area contributed by atoms with E-state index < -0.39 is 41.1 Å². The van der Waals surface area contributed by atoms with E-state index in [-0.39, 0.29) is 19.0 Å². The fourth-order valence-corrected chi connectivity index (χ4v) is 5.90. The highest BCUT2D eigenvalue weighted by Gasteiger charge is 2.53. The smallest absolute Gasteiger partial charge is 0.407 e. The molecule has 254 valence electrons. The number of halogens is 3. The second-order valence-electron chi connectivity index (χ2n) is 13.9. The molecule has 2 amide bonds. The second kappa shape index (κ2) is 13.0. The van der Waals surface area contributed by atoms with E-state index >= 15 is 0 Å². The van der Waals surface area contributed by atoms with Crippen LogP contribution in [0.1, 0.15) is 71.7 Å². The molecule has 15 heteroatoms. The van der Waals surface area contributed by atoms with Gasteiger partial charge >= 0.3 is 12.6 Å². The number of H-pyrrole nitrogens is 1. The van der Waals surface area contributed by atoms with Gasteiger partial charge in [0.1, 0.15) is 12.9 Å². The Morgan fingerprint density at radius 3 is 2.40 bits per heavy atom. The molecule has 1 aliphatic heterocycles. The number of aromatic amines is 1. The average Bonchev–Trinajstić information content (AvgIpc) is 3.75. The van der Waals surface area contributed by atoms with E-state index in [4.69, 9.17) is 27.1 Å². The molecule has 0 fully saturated rings. The molecule has 0 unspecified atom stereocenters. The molecule has 0 spiro atoms. The number of benzene rings is 2. The zero-order valence-electron chi connectivity index (χ0n) is 27.5. The standard InChI is InChI=1S/C33H38ClF2N9O3/c1-31(2,3)17-33(22-10-7-19(8-11-22)21-14-40-44(15-21)28(35)36)27(46)45(29(37)41-33)25(16-48-30(47)42-32(4,5)6)20-9-12-24(34)23(13-20)26-38-18-39-43-26/h7-15,18,25,28H,16-17H2,1-6H3,(H2,37,41)(H,42,47)(H,38,39,43)/t25-,33-/m1/s1. The number of amides is 2. The Labute approximate surface area is 281 Å². The molecule has 0 bridgehead atoms. The summed E-state index contributed by atoms with van der Waals surface area (Å²) in [5.41, 5.74) is 6.97. The van der Waals surface area contributed by atoms with Crippen molar-refractivity contribution >= 4 is 29.6 Å².